The molecular weight excluding hydrogens is 470 g/mol. The molecule has 1 heterocycles. The summed E-state index contributed by atoms with van der Waals surface area (Å²) in [6, 6.07) is 19.3. The number of carbonyl (C=O) groups excluding carboxylic acids is 2. The third kappa shape index (κ3) is 6.79. The van der Waals surface area contributed by atoms with Crippen LogP contribution in [-0.2, 0) is 17.9 Å². The second kappa shape index (κ2) is 12.8. The monoisotopic (exact) mass is 507 g/mol. The lowest BCUT2D eigenvalue weighted by molar-refractivity contribution is -0.135. The van der Waals surface area contributed by atoms with Crippen LogP contribution >= 0.6 is 11.6 Å². The highest BCUT2D eigenvalue weighted by molar-refractivity contribution is 6.30. The molecule has 0 saturated heterocycles. The lowest BCUT2D eigenvalue weighted by Gasteiger charge is -2.34. The predicted octanol–water partition coefficient (Wildman–Crippen LogP) is 6.57. The van der Waals surface area contributed by atoms with Crippen LogP contribution in [0.4, 0.5) is 0 Å². The minimum absolute atomic E-state index is 0.0410. The first-order chi connectivity index (χ1) is 17.2. The first-order valence-electron chi connectivity index (χ1n) is 12.8. The molecule has 36 heavy (non-hydrogen) atoms. The predicted molar refractivity (Wildman–Crippen MR) is 147 cm³/mol. The Bertz CT molecular complexity index is 1160. The van der Waals surface area contributed by atoms with E-state index < -0.39 is 0 Å². The summed E-state index contributed by atoms with van der Waals surface area (Å²) < 4.78 is 2.20. The van der Waals surface area contributed by atoms with Crippen LogP contribution in [0.25, 0.3) is 0 Å². The Balaban J connectivity index is 1.82. The molecule has 6 heteroatoms. The maximum Gasteiger partial charge on any atom is 0.254 e. The van der Waals surface area contributed by atoms with Gasteiger partial charge in [0.1, 0.15) is 6.54 Å². The summed E-state index contributed by atoms with van der Waals surface area (Å²) >= 11 is 6.01. The molecule has 0 aliphatic carbocycles. The van der Waals surface area contributed by atoms with Gasteiger partial charge in [-0.3, -0.25) is 9.59 Å². The molecule has 2 amide bonds. The molecule has 0 aliphatic rings. The molecule has 2 atom stereocenters. The van der Waals surface area contributed by atoms with E-state index in [4.69, 9.17) is 11.6 Å². The van der Waals surface area contributed by atoms with Gasteiger partial charge < -0.3 is 14.4 Å². The molecule has 0 radical (unpaired) electrons. The number of rotatable bonds is 11. The second-order valence-corrected chi connectivity index (χ2v) is 9.97. The van der Waals surface area contributed by atoms with Gasteiger partial charge in [0.15, 0.2) is 0 Å². The van der Waals surface area contributed by atoms with Crippen LogP contribution in [0.3, 0.4) is 0 Å². The Labute approximate surface area is 220 Å². The average Bonchev–Trinajstić information content (AvgIpc) is 3.32. The number of aryl methyl sites for hydroxylation is 1. The van der Waals surface area contributed by atoms with E-state index in [0.717, 1.165) is 25.1 Å². The fourth-order valence-electron chi connectivity index (χ4n) is 4.25. The minimum atomic E-state index is -0.151. The lowest BCUT2D eigenvalue weighted by atomic mass is 10.1. The molecule has 0 fully saturated rings. The van der Waals surface area contributed by atoms with E-state index in [1.54, 1.807) is 29.2 Å². The number of hydrogen-bond acceptors (Lipinski definition) is 2. The summed E-state index contributed by atoms with van der Waals surface area (Å²) in [5, 5.41) is 0.578. The maximum absolute atomic E-state index is 13.7. The van der Waals surface area contributed by atoms with Gasteiger partial charge in [0.05, 0.1) is 6.54 Å². The smallest absolute Gasteiger partial charge is 0.254 e. The van der Waals surface area contributed by atoms with Crippen LogP contribution in [0.15, 0.2) is 66.9 Å². The van der Waals surface area contributed by atoms with E-state index in [1.165, 1.54) is 11.1 Å². The summed E-state index contributed by atoms with van der Waals surface area (Å²) in [7, 11) is 0. The zero-order chi connectivity index (χ0) is 26.2. The van der Waals surface area contributed by atoms with Crippen molar-refractivity contribution in [2.45, 2.75) is 72.6 Å². The first-order valence-corrected chi connectivity index (χ1v) is 13.2. The van der Waals surface area contributed by atoms with Crippen molar-refractivity contribution in [1.29, 1.82) is 0 Å². The largest absolute Gasteiger partial charge is 0.345 e. The number of benzene rings is 2. The van der Waals surface area contributed by atoms with Crippen molar-refractivity contribution in [1.82, 2.24) is 14.4 Å². The van der Waals surface area contributed by atoms with Crippen LogP contribution in [0, 0.1) is 6.92 Å². The summed E-state index contributed by atoms with van der Waals surface area (Å²) in [4.78, 5) is 30.7. The summed E-state index contributed by atoms with van der Waals surface area (Å²) in [5.74, 6) is -0.197. The van der Waals surface area contributed by atoms with E-state index >= 15 is 0 Å². The third-order valence-corrected chi connectivity index (χ3v) is 7.33. The number of halogens is 1. The Morgan fingerprint density at radius 3 is 2.17 bits per heavy atom. The minimum Gasteiger partial charge on any atom is -0.345 e. The topological polar surface area (TPSA) is 45.6 Å². The summed E-state index contributed by atoms with van der Waals surface area (Å²) in [6.07, 6.45) is 3.66. The quantitative estimate of drug-likeness (QED) is 0.295. The van der Waals surface area contributed by atoms with Crippen molar-refractivity contribution in [3.8, 4) is 0 Å². The fourth-order valence-corrected chi connectivity index (χ4v) is 4.37. The summed E-state index contributed by atoms with van der Waals surface area (Å²) in [6.45, 7) is 11.6. The van der Waals surface area contributed by atoms with E-state index in [9.17, 15) is 9.59 Å². The molecule has 5 nitrogen and oxygen atoms in total. The average molecular weight is 508 g/mol. The van der Waals surface area contributed by atoms with Gasteiger partial charge in [-0.2, -0.15) is 0 Å². The SMILES string of the molecule is CCC(C)N(Cc1cccn1Cc1ccccc1C)C(=O)CN(C(=O)c1ccc(Cl)cc1)C(C)CC. The molecule has 2 unspecified atom stereocenters. The van der Waals surface area contributed by atoms with Gasteiger partial charge in [0.2, 0.25) is 5.91 Å². The zero-order valence-corrected chi connectivity index (χ0v) is 22.8. The molecule has 2 aromatic carbocycles. The van der Waals surface area contributed by atoms with Crippen molar-refractivity contribution in [2.24, 2.45) is 0 Å². The molecule has 1 aromatic heterocycles. The van der Waals surface area contributed by atoms with E-state index in [2.05, 4.69) is 55.8 Å². The first kappa shape index (κ1) is 27.5. The summed E-state index contributed by atoms with van der Waals surface area (Å²) in [5.41, 5.74) is 4.12. The van der Waals surface area contributed by atoms with Gasteiger partial charge in [0, 0.05) is 41.1 Å². The van der Waals surface area contributed by atoms with Gasteiger partial charge in [-0.05, 0) is 81.1 Å². The molecular formula is C30H38ClN3O2. The molecule has 192 valence electrons. The number of aromatic nitrogens is 1. The van der Waals surface area contributed by atoms with Gasteiger partial charge in [-0.1, -0.05) is 49.7 Å². The van der Waals surface area contributed by atoms with Crippen LogP contribution in [0.1, 0.15) is 67.7 Å². The fraction of sp³-hybridized carbons (Fsp3) is 0.400. The third-order valence-electron chi connectivity index (χ3n) is 7.08. The highest BCUT2D eigenvalue weighted by atomic mass is 35.5. The molecule has 0 aliphatic heterocycles. The Morgan fingerprint density at radius 2 is 1.53 bits per heavy atom. The Morgan fingerprint density at radius 1 is 0.889 bits per heavy atom. The highest BCUT2D eigenvalue weighted by Gasteiger charge is 2.28. The van der Waals surface area contributed by atoms with E-state index in [-0.39, 0.29) is 30.4 Å². The van der Waals surface area contributed by atoms with E-state index in [0.29, 0.717) is 17.1 Å². The van der Waals surface area contributed by atoms with Gasteiger partial charge in [0.25, 0.3) is 5.91 Å². The van der Waals surface area contributed by atoms with Crippen molar-refractivity contribution in [3.63, 3.8) is 0 Å². The van der Waals surface area contributed by atoms with Crippen molar-refractivity contribution < 1.29 is 9.59 Å². The normalized spacial score (nSPS) is 12.7. The number of amides is 2. The molecule has 0 bridgehead atoms. The standard InChI is InChI=1S/C30H38ClN3O2/c1-6-23(4)33(20-28-13-10-18-32(28)19-26-12-9-8-11-22(26)3)29(35)21-34(24(5)7-2)30(36)25-14-16-27(31)17-15-25/h8-18,23-24H,6-7,19-21H2,1-5H3. The van der Waals surface area contributed by atoms with Gasteiger partial charge in [-0.15, -0.1) is 0 Å². The van der Waals surface area contributed by atoms with E-state index in [1.807, 2.05) is 30.9 Å². The Hall–Kier alpha value is -3.05. The molecule has 3 rings (SSSR count). The second-order valence-electron chi connectivity index (χ2n) is 9.53. The lowest BCUT2D eigenvalue weighted by Crippen LogP contribution is -2.48. The highest BCUT2D eigenvalue weighted by Crippen LogP contribution is 2.19. The number of nitrogens with zero attached hydrogens (tertiary/aromatic N) is 3. The van der Waals surface area contributed by atoms with Crippen molar-refractivity contribution >= 4 is 23.4 Å². The maximum atomic E-state index is 13.7. The Kier molecular flexibility index (Phi) is 9.77. The number of hydrogen-bond donors (Lipinski definition) is 0. The zero-order valence-electron chi connectivity index (χ0n) is 22.1. The van der Waals surface area contributed by atoms with Crippen LogP contribution < -0.4 is 0 Å². The molecule has 0 spiro atoms. The van der Waals surface area contributed by atoms with Crippen molar-refractivity contribution in [3.05, 3.63) is 94.3 Å². The van der Waals surface area contributed by atoms with Gasteiger partial charge >= 0.3 is 0 Å². The molecule has 0 saturated carbocycles. The van der Waals surface area contributed by atoms with Crippen LogP contribution in [-0.4, -0.2) is 44.8 Å². The van der Waals surface area contributed by atoms with Crippen molar-refractivity contribution in [2.75, 3.05) is 6.54 Å². The van der Waals surface area contributed by atoms with Gasteiger partial charge in [-0.25, -0.2) is 0 Å². The molecule has 0 N–H and O–H groups in total. The number of carbonyl (C=O) groups is 2. The molecule has 3 aromatic rings. The van der Waals surface area contributed by atoms with Crippen LogP contribution in [0.5, 0.6) is 0 Å². The van der Waals surface area contributed by atoms with Crippen LogP contribution in [0.2, 0.25) is 5.02 Å².